The predicted molar refractivity (Wildman–Crippen MR) is 118 cm³/mol. The maximum atomic E-state index is 13.5. The lowest BCUT2D eigenvalue weighted by Crippen LogP contribution is -2.29. The lowest BCUT2D eigenvalue weighted by Gasteiger charge is -2.25. The van der Waals surface area contributed by atoms with Gasteiger partial charge in [0, 0.05) is 28.4 Å². The Morgan fingerprint density at radius 2 is 1.62 bits per heavy atom. The molecular weight excluding hydrogens is 411 g/mol. The average Bonchev–Trinajstić information content (AvgIpc) is 3.34. The van der Waals surface area contributed by atoms with Gasteiger partial charge < -0.3 is 15.2 Å². The van der Waals surface area contributed by atoms with E-state index in [1.807, 2.05) is 18.2 Å². The molecule has 5 rings (SSSR count). The van der Waals surface area contributed by atoms with Crippen LogP contribution in [0.1, 0.15) is 17.2 Å². The minimum Gasteiger partial charge on any atom is -0.508 e. The van der Waals surface area contributed by atoms with Crippen molar-refractivity contribution < 1.29 is 24.2 Å². The third-order valence-electron chi connectivity index (χ3n) is 5.60. The topological polar surface area (TPSA) is 93.6 Å². The number of aromatic nitrogens is 1. The summed E-state index contributed by atoms with van der Waals surface area (Å²) >= 11 is 0. The van der Waals surface area contributed by atoms with Crippen molar-refractivity contribution in [1.29, 1.82) is 0 Å². The van der Waals surface area contributed by atoms with Crippen LogP contribution >= 0.6 is 0 Å². The van der Waals surface area contributed by atoms with Crippen LogP contribution in [0, 0.1) is 5.82 Å². The van der Waals surface area contributed by atoms with Crippen molar-refractivity contribution in [3.8, 4) is 5.75 Å². The fraction of sp³-hybridized carbons (Fsp3) is 0.0400. The minimum atomic E-state index is -0.963. The number of hydrogen-bond acceptors (Lipinski definition) is 4. The van der Waals surface area contributed by atoms with E-state index in [1.165, 1.54) is 41.3 Å². The van der Waals surface area contributed by atoms with Crippen LogP contribution in [-0.2, 0) is 9.59 Å². The number of phenols is 1. The molecule has 0 aliphatic carbocycles. The van der Waals surface area contributed by atoms with Gasteiger partial charge in [-0.2, -0.15) is 0 Å². The Morgan fingerprint density at radius 3 is 2.34 bits per heavy atom. The number of amides is 1. The predicted octanol–water partition coefficient (Wildman–Crippen LogP) is 4.64. The Hall–Kier alpha value is -4.39. The van der Waals surface area contributed by atoms with Crippen molar-refractivity contribution in [1.82, 2.24) is 4.98 Å². The van der Waals surface area contributed by atoms with Gasteiger partial charge in [-0.1, -0.05) is 30.3 Å². The van der Waals surface area contributed by atoms with Gasteiger partial charge in [0.15, 0.2) is 0 Å². The molecule has 0 bridgehead atoms. The Morgan fingerprint density at radius 1 is 0.938 bits per heavy atom. The molecule has 1 amide bonds. The number of H-pyrrole nitrogens is 1. The first-order chi connectivity index (χ1) is 15.5. The number of nitrogens with one attached hydrogen (secondary N) is 1. The molecule has 1 fully saturated rings. The van der Waals surface area contributed by atoms with Crippen molar-refractivity contribution in [2.45, 2.75) is 6.04 Å². The fourth-order valence-electron chi connectivity index (χ4n) is 4.09. The summed E-state index contributed by atoms with van der Waals surface area (Å²) in [6, 6.07) is 17.5. The molecule has 3 aromatic carbocycles. The number of para-hydroxylation sites is 1. The number of fused-ring (bicyclic) bond motifs is 1. The van der Waals surface area contributed by atoms with E-state index in [9.17, 15) is 24.2 Å². The molecule has 1 unspecified atom stereocenters. The molecule has 3 N–H and O–H groups in total. The zero-order valence-corrected chi connectivity index (χ0v) is 16.6. The number of anilines is 1. The maximum absolute atomic E-state index is 13.5. The van der Waals surface area contributed by atoms with Crippen LogP contribution in [0.15, 0.2) is 84.6 Å². The van der Waals surface area contributed by atoms with E-state index in [1.54, 1.807) is 24.4 Å². The Labute approximate surface area is 181 Å². The van der Waals surface area contributed by atoms with E-state index in [4.69, 9.17) is 0 Å². The molecule has 1 aliphatic heterocycles. The van der Waals surface area contributed by atoms with Gasteiger partial charge in [-0.25, -0.2) is 4.39 Å². The average molecular weight is 428 g/mol. The van der Waals surface area contributed by atoms with E-state index >= 15 is 0 Å². The van der Waals surface area contributed by atoms with Crippen LogP contribution in [0.5, 0.6) is 5.75 Å². The highest BCUT2D eigenvalue weighted by molar-refractivity contribution is 6.51. The van der Waals surface area contributed by atoms with Gasteiger partial charge >= 0.3 is 0 Å². The number of benzene rings is 3. The number of Topliss-reactive ketones (excluding diaryl/α,β-unsaturated/α-hetero) is 1. The van der Waals surface area contributed by atoms with Crippen LogP contribution in [0.25, 0.3) is 16.7 Å². The number of aromatic hydroxyl groups is 1. The number of carbonyl (C=O) groups excluding carboxylic acids is 2. The normalized spacial score (nSPS) is 17.9. The molecule has 0 saturated carbocycles. The van der Waals surface area contributed by atoms with Gasteiger partial charge in [-0.15, -0.1) is 0 Å². The van der Waals surface area contributed by atoms with Crippen LogP contribution in [-0.4, -0.2) is 26.9 Å². The first-order valence-corrected chi connectivity index (χ1v) is 9.87. The van der Waals surface area contributed by atoms with Gasteiger partial charge in [0.2, 0.25) is 0 Å². The molecule has 1 aliphatic rings. The van der Waals surface area contributed by atoms with Crippen LogP contribution in [0.4, 0.5) is 10.1 Å². The zero-order valence-electron chi connectivity index (χ0n) is 16.6. The molecule has 2 heterocycles. The summed E-state index contributed by atoms with van der Waals surface area (Å²) in [6.07, 6.45) is 1.58. The summed E-state index contributed by atoms with van der Waals surface area (Å²) in [7, 11) is 0. The highest BCUT2D eigenvalue weighted by Gasteiger charge is 2.47. The van der Waals surface area contributed by atoms with Gasteiger partial charge in [-0.3, -0.25) is 14.5 Å². The van der Waals surface area contributed by atoms with Crippen LogP contribution in [0.2, 0.25) is 0 Å². The second kappa shape index (κ2) is 7.39. The highest BCUT2D eigenvalue weighted by atomic mass is 19.1. The van der Waals surface area contributed by atoms with Gasteiger partial charge in [0.25, 0.3) is 11.7 Å². The molecule has 158 valence electrons. The first-order valence-electron chi connectivity index (χ1n) is 9.87. The van der Waals surface area contributed by atoms with Crippen molar-refractivity contribution in [2.24, 2.45) is 0 Å². The minimum absolute atomic E-state index is 0.0177. The largest absolute Gasteiger partial charge is 0.508 e. The number of aliphatic hydroxyl groups is 1. The maximum Gasteiger partial charge on any atom is 0.300 e. The SMILES string of the molecule is O=C1C(=O)N(c2ccc(F)cc2)C(c2ccc(O)cc2)/C1=C(/O)c1c[nH]c2ccccc12. The van der Waals surface area contributed by atoms with Crippen molar-refractivity contribution >= 4 is 34.0 Å². The molecule has 0 spiro atoms. The molecule has 1 saturated heterocycles. The number of nitrogens with zero attached hydrogens (tertiary/aromatic N) is 1. The quantitative estimate of drug-likeness (QED) is 0.252. The molecule has 6 nitrogen and oxygen atoms in total. The number of carbonyl (C=O) groups is 2. The second-order valence-electron chi connectivity index (χ2n) is 7.48. The van der Waals surface area contributed by atoms with Crippen LogP contribution in [0.3, 0.4) is 0 Å². The van der Waals surface area contributed by atoms with Crippen molar-refractivity contribution in [3.63, 3.8) is 0 Å². The zero-order chi connectivity index (χ0) is 22.4. The molecule has 0 radical (unpaired) electrons. The Bertz CT molecular complexity index is 1390. The van der Waals surface area contributed by atoms with Gasteiger partial charge in [-0.05, 0) is 48.0 Å². The summed E-state index contributed by atoms with van der Waals surface area (Å²) in [5.41, 5.74) is 1.89. The van der Waals surface area contributed by atoms with E-state index in [2.05, 4.69) is 4.98 Å². The van der Waals surface area contributed by atoms with Gasteiger partial charge in [0.1, 0.15) is 17.3 Å². The summed E-state index contributed by atoms with van der Waals surface area (Å²) in [5, 5.41) is 21.6. The summed E-state index contributed by atoms with van der Waals surface area (Å²) < 4.78 is 13.5. The second-order valence-corrected chi connectivity index (χ2v) is 7.48. The Kier molecular flexibility index (Phi) is 4.52. The fourth-order valence-corrected chi connectivity index (χ4v) is 4.09. The summed E-state index contributed by atoms with van der Waals surface area (Å²) in [4.78, 5) is 30.5. The molecule has 4 aromatic rings. The van der Waals surface area contributed by atoms with Crippen LogP contribution < -0.4 is 4.90 Å². The number of aliphatic hydroxyl groups excluding tert-OH is 1. The lowest BCUT2D eigenvalue weighted by atomic mass is 9.95. The standard InChI is InChI=1S/C25H17FN2O4/c26-15-7-9-16(10-8-15)28-22(14-5-11-17(29)12-6-14)21(24(31)25(28)32)23(30)19-13-27-20-4-2-1-3-18(19)20/h1-13,22,27,29-30H/b23-21-. The number of ketones is 1. The monoisotopic (exact) mass is 428 g/mol. The Balaban J connectivity index is 1.75. The van der Waals surface area contributed by atoms with E-state index in [0.717, 1.165) is 5.52 Å². The molecule has 1 aromatic heterocycles. The third kappa shape index (κ3) is 3.02. The summed E-state index contributed by atoms with van der Waals surface area (Å²) in [5.74, 6) is -2.47. The highest BCUT2D eigenvalue weighted by Crippen LogP contribution is 2.43. The molecule has 1 atom stereocenters. The number of phenolic OH excluding ortho intramolecular Hbond substituents is 1. The van der Waals surface area contributed by atoms with E-state index in [-0.39, 0.29) is 17.1 Å². The van der Waals surface area contributed by atoms with E-state index < -0.39 is 23.5 Å². The van der Waals surface area contributed by atoms with Crippen molar-refractivity contribution in [2.75, 3.05) is 4.90 Å². The molecule has 7 heteroatoms. The number of rotatable bonds is 3. The molecule has 32 heavy (non-hydrogen) atoms. The van der Waals surface area contributed by atoms with E-state index in [0.29, 0.717) is 22.2 Å². The lowest BCUT2D eigenvalue weighted by molar-refractivity contribution is -0.132. The molecular formula is C25H17FN2O4. The summed E-state index contributed by atoms with van der Waals surface area (Å²) in [6.45, 7) is 0. The third-order valence-corrected chi connectivity index (χ3v) is 5.60. The first kappa shape index (κ1) is 19.6. The smallest absolute Gasteiger partial charge is 0.300 e. The van der Waals surface area contributed by atoms with Crippen molar-refractivity contribution in [3.05, 3.63) is 102 Å². The van der Waals surface area contributed by atoms with Gasteiger partial charge in [0.05, 0.1) is 11.6 Å². The number of aromatic amines is 1. The number of hydrogen-bond donors (Lipinski definition) is 3. The number of halogens is 1.